The molecule has 7 heteroatoms. The van der Waals surface area contributed by atoms with E-state index in [0.717, 1.165) is 11.3 Å². The van der Waals surface area contributed by atoms with Crippen LogP contribution in [0.2, 0.25) is 0 Å². The number of anilines is 1. The zero-order valence-electron chi connectivity index (χ0n) is 13.8. The molecule has 0 aliphatic carbocycles. The first-order valence-corrected chi connectivity index (χ1v) is 7.41. The molecule has 1 amide bonds. The second-order valence-corrected chi connectivity index (χ2v) is 5.75. The van der Waals surface area contributed by atoms with Gasteiger partial charge in [0.2, 0.25) is 5.91 Å². The van der Waals surface area contributed by atoms with Gasteiger partial charge < -0.3 is 10.6 Å². The topological polar surface area (TPSA) is 76.8 Å². The number of nitrogens with one attached hydrogen (secondary N) is 2. The van der Waals surface area contributed by atoms with Crippen molar-refractivity contribution in [3.63, 3.8) is 0 Å². The number of nitrogens with zero attached hydrogens (tertiary/aromatic N) is 4. The molecule has 2 N–H and O–H groups in total. The molecule has 0 aliphatic heterocycles. The minimum atomic E-state index is -0.0845. The Labute approximate surface area is 130 Å². The minimum Gasteiger partial charge on any atom is -0.310 e. The van der Waals surface area contributed by atoms with Crippen molar-refractivity contribution in [3.8, 4) is 0 Å². The summed E-state index contributed by atoms with van der Waals surface area (Å²) in [7, 11) is 1.81. The summed E-state index contributed by atoms with van der Waals surface area (Å²) in [4.78, 5) is 12.0. The van der Waals surface area contributed by atoms with Crippen LogP contribution in [-0.2, 0) is 11.8 Å². The number of carbonyl (C=O) groups is 1. The molecule has 2 aromatic heterocycles. The molecule has 0 aromatic carbocycles. The average molecular weight is 304 g/mol. The van der Waals surface area contributed by atoms with Crippen molar-refractivity contribution >= 4 is 11.7 Å². The van der Waals surface area contributed by atoms with E-state index in [0.29, 0.717) is 5.82 Å². The van der Waals surface area contributed by atoms with Gasteiger partial charge in [0, 0.05) is 25.4 Å². The minimum absolute atomic E-state index is 0.0845. The lowest BCUT2D eigenvalue weighted by Gasteiger charge is -2.21. The molecule has 0 bridgehead atoms. The highest BCUT2D eigenvalue weighted by atomic mass is 16.2. The Morgan fingerprint density at radius 1 is 1.36 bits per heavy atom. The average Bonchev–Trinajstić information content (AvgIpc) is 3.01. The van der Waals surface area contributed by atoms with Gasteiger partial charge in [-0.1, -0.05) is 0 Å². The van der Waals surface area contributed by atoms with Gasteiger partial charge >= 0.3 is 0 Å². The summed E-state index contributed by atoms with van der Waals surface area (Å²) in [5.41, 5.74) is 2.00. The van der Waals surface area contributed by atoms with Gasteiger partial charge in [0.1, 0.15) is 5.82 Å². The first-order valence-electron chi connectivity index (χ1n) is 7.41. The highest BCUT2D eigenvalue weighted by Crippen LogP contribution is 2.11. The van der Waals surface area contributed by atoms with Crippen LogP contribution in [0.15, 0.2) is 18.5 Å². The van der Waals surface area contributed by atoms with Crippen molar-refractivity contribution in [2.45, 2.75) is 39.8 Å². The summed E-state index contributed by atoms with van der Waals surface area (Å²) in [5, 5.41) is 14.6. The number of amides is 1. The molecule has 2 aromatic rings. The Hall–Kier alpha value is -2.15. The Bertz CT molecular complexity index is 644. The van der Waals surface area contributed by atoms with Gasteiger partial charge in [-0.25, -0.2) is 0 Å². The lowest BCUT2D eigenvalue weighted by atomic mass is 10.2. The number of aryl methyl sites for hydroxylation is 3. The first kappa shape index (κ1) is 16.2. The zero-order chi connectivity index (χ0) is 16.3. The van der Waals surface area contributed by atoms with Crippen LogP contribution in [0, 0.1) is 13.8 Å². The summed E-state index contributed by atoms with van der Waals surface area (Å²) in [6, 6.07) is 2.13. The normalized spacial score (nSPS) is 13.9. The maximum absolute atomic E-state index is 12.0. The van der Waals surface area contributed by atoms with Gasteiger partial charge in [-0.15, -0.1) is 0 Å². The van der Waals surface area contributed by atoms with E-state index in [4.69, 9.17) is 0 Å². The first-order chi connectivity index (χ1) is 10.4. The third-order valence-electron chi connectivity index (χ3n) is 3.73. The van der Waals surface area contributed by atoms with Crippen molar-refractivity contribution in [1.82, 2.24) is 24.9 Å². The van der Waals surface area contributed by atoms with E-state index in [9.17, 15) is 4.79 Å². The molecule has 2 rings (SSSR count). The third-order valence-corrected chi connectivity index (χ3v) is 3.73. The van der Waals surface area contributed by atoms with Crippen LogP contribution in [0.1, 0.15) is 31.1 Å². The van der Waals surface area contributed by atoms with Crippen molar-refractivity contribution in [2.75, 3.05) is 11.9 Å². The molecule has 0 fully saturated rings. The molecule has 0 saturated carbocycles. The van der Waals surface area contributed by atoms with Crippen LogP contribution in [0.25, 0.3) is 0 Å². The molecule has 2 atom stereocenters. The molecule has 0 unspecified atom stereocenters. The second kappa shape index (κ2) is 6.74. The van der Waals surface area contributed by atoms with Gasteiger partial charge in [-0.2, -0.15) is 10.2 Å². The second-order valence-electron chi connectivity index (χ2n) is 5.75. The number of hydrogen-bond acceptors (Lipinski definition) is 4. The van der Waals surface area contributed by atoms with E-state index < -0.39 is 0 Å². The van der Waals surface area contributed by atoms with Crippen LogP contribution in [0.3, 0.4) is 0 Å². The summed E-state index contributed by atoms with van der Waals surface area (Å²) >= 11 is 0. The van der Waals surface area contributed by atoms with Crippen LogP contribution < -0.4 is 10.6 Å². The third kappa shape index (κ3) is 3.94. The number of hydrogen-bond donors (Lipinski definition) is 2. The summed E-state index contributed by atoms with van der Waals surface area (Å²) in [6.45, 7) is 8.27. The molecule has 0 aliphatic rings. The summed E-state index contributed by atoms with van der Waals surface area (Å²) < 4.78 is 3.57. The van der Waals surface area contributed by atoms with E-state index in [1.807, 2.05) is 43.9 Å². The standard InChI is InChI=1S/C15H24N6O/c1-10-7-17-21(9-10)13(4)12(3)16-8-15(22)18-14-6-11(2)19-20(14)5/h6-7,9,12-13,16H,8H2,1-5H3,(H,18,22)/t12-,13+/m1/s1. The Balaban J connectivity index is 1.84. The van der Waals surface area contributed by atoms with Gasteiger partial charge in [0.05, 0.1) is 24.5 Å². The Kier molecular flexibility index (Phi) is 4.97. The van der Waals surface area contributed by atoms with Gasteiger partial charge in [-0.3, -0.25) is 14.2 Å². The number of carbonyl (C=O) groups excluding carboxylic acids is 1. The predicted molar refractivity (Wildman–Crippen MR) is 85.7 cm³/mol. The summed E-state index contributed by atoms with van der Waals surface area (Å²) in [5.74, 6) is 0.617. The van der Waals surface area contributed by atoms with Crippen molar-refractivity contribution in [1.29, 1.82) is 0 Å². The molecular formula is C15H24N6O. The van der Waals surface area contributed by atoms with Crippen molar-refractivity contribution in [2.24, 2.45) is 7.05 Å². The highest BCUT2D eigenvalue weighted by Gasteiger charge is 2.16. The summed E-state index contributed by atoms with van der Waals surface area (Å²) in [6.07, 6.45) is 3.84. The van der Waals surface area contributed by atoms with E-state index in [1.54, 1.807) is 11.7 Å². The molecule has 0 radical (unpaired) electrons. The molecule has 7 nitrogen and oxygen atoms in total. The monoisotopic (exact) mass is 304 g/mol. The van der Waals surface area contributed by atoms with E-state index in [2.05, 4.69) is 27.8 Å². The van der Waals surface area contributed by atoms with Crippen molar-refractivity contribution in [3.05, 3.63) is 29.7 Å². The smallest absolute Gasteiger partial charge is 0.239 e. The van der Waals surface area contributed by atoms with Gasteiger partial charge in [0.25, 0.3) is 0 Å². The van der Waals surface area contributed by atoms with Crippen molar-refractivity contribution < 1.29 is 4.79 Å². The molecule has 120 valence electrons. The Morgan fingerprint density at radius 3 is 2.64 bits per heavy atom. The van der Waals surface area contributed by atoms with Crippen LogP contribution in [0.5, 0.6) is 0 Å². The zero-order valence-corrected chi connectivity index (χ0v) is 13.8. The van der Waals surface area contributed by atoms with Crippen LogP contribution >= 0.6 is 0 Å². The number of aromatic nitrogens is 4. The quantitative estimate of drug-likeness (QED) is 0.846. The van der Waals surface area contributed by atoms with Gasteiger partial charge in [0.15, 0.2) is 0 Å². The van der Waals surface area contributed by atoms with Crippen LogP contribution in [0.4, 0.5) is 5.82 Å². The molecule has 22 heavy (non-hydrogen) atoms. The van der Waals surface area contributed by atoms with E-state index >= 15 is 0 Å². The lowest BCUT2D eigenvalue weighted by molar-refractivity contribution is -0.115. The fourth-order valence-corrected chi connectivity index (χ4v) is 2.22. The lowest BCUT2D eigenvalue weighted by Crippen LogP contribution is -2.39. The fourth-order valence-electron chi connectivity index (χ4n) is 2.22. The van der Waals surface area contributed by atoms with Gasteiger partial charge in [-0.05, 0) is 33.3 Å². The fraction of sp³-hybridized carbons (Fsp3) is 0.533. The maximum Gasteiger partial charge on any atom is 0.239 e. The SMILES string of the molecule is Cc1cnn([C@@H](C)[C@@H](C)NCC(=O)Nc2cc(C)nn2C)c1. The molecule has 2 heterocycles. The van der Waals surface area contributed by atoms with E-state index in [1.165, 1.54) is 0 Å². The molecule has 0 saturated heterocycles. The molecule has 0 spiro atoms. The highest BCUT2D eigenvalue weighted by molar-refractivity contribution is 5.91. The number of rotatable bonds is 6. The maximum atomic E-state index is 12.0. The predicted octanol–water partition coefficient (Wildman–Crippen LogP) is 1.41. The largest absolute Gasteiger partial charge is 0.310 e. The molecular weight excluding hydrogens is 280 g/mol. The van der Waals surface area contributed by atoms with E-state index in [-0.39, 0.29) is 24.5 Å². The Morgan fingerprint density at radius 2 is 2.09 bits per heavy atom. The van der Waals surface area contributed by atoms with Crippen LogP contribution in [-0.4, -0.2) is 38.1 Å².